The van der Waals surface area contributed by atoms with Crippen LogP contribution < -0.4 is 0 Å². The van der Waals surface area contributed by atoms with Gasteiger partial charge in [-0.25, -0.2) is 0 Å². The minimum Gasteiger partial charge on any atom is -0.300 e. The summed E-state index contributed by atoms with van der Waals surface area (Å²) in [4.78, 5) is 10.4. The molecule has 1 rings (SSSR count). The highest BCUT2D eigenvalue weighted by molar-refractivity contribution is 5.75. The highest BCUT2D eigenvalue weighted by Crippen LogP contribution is 2.25. The molecular weight excluding hydrogens is 292 g/mol. The van der Waals surface area contributed by atoms with Gasteiger partial charge < -0.3 is 4.79 Å². The van der Waals surface area contributed by atoms with E-state index in [0.29, 0.717) is 5.78 Å². The van der Waals surface area contributed by atoms with E-state index in [1.807, 2.05) is 26.8 Å². The maximum atomic E-state index is 10.4. The third kappa shape index (κ3) is 21.1. The Kier molecular flexibility index (Phi) is 23.4. The summed E-state index contributed by atoms with van der Waals surface area (Å²) in [6.45, 7) is 9.90. The SMILES string of the molecule is C/C=C\CCCC(C)=O.CC.CCCCCC/C=C/C1CCCC1. The lowest BCUT2D eigenvalue weighted by Gasteiger charge is -1.99. The minimum atomic E-state index is 0.291. The molecule has 1 saturated carbocycles. The van der Waals surface area contributed by atoms with Gasteiger partial charge in [-0.2, -0.15) is 0 Å². The summed E-state index contributed by atoms with van der Waals surface area (Å²) in [5.41, 5.74) is 0. The zero-order valence-electron chi connectivity index (χ0n) is 17.3. The topological polar surface area (TPSA) is 17.1 Å². The molecule has 1 nitrogen and oxygen atoms in total. The molecule has 0 N–H and O–H groups in total. The van der Waals surface area contributed by atoms with Crippen LogP contribution >= 0.6 is 0 Å². The van der Waals surface area contributed by atoms with Gasteiger partial charge in [0.15, 0.2) is 0 Å². The van der Waals surface area contributed by atoms with Crippen LogP contribution in [0.2, 0.25) is 0 Å². The molecule has 0 atom stereocenters. The molecule has 0 aromatic carbocycles. The van der Waals surface area contributed by atoms with E-state index in [1.165, 1.54) is 57.8 Å². The molecular formula is C23H44O. The standard InChI is InChI=1S/C13H24.C8H14O.C2H6/c1-2-3-4-5-6-7-10-13-11-8-9-12-13;1-3-4-5-6-7-8(2)9;1-2/h7,10,13H,2-6,8-9,11-12H2,1H3;3-4H,5-7H2,1-2H3;1-2H3/b10-7+;4-3-;. The van der Waals surface area contributed by atoms with Crippen molar-refractivity contribution in [3.8, 4) is 0 Å². The van der Waals surface area contributed by atoms with Crippen molar-refractivity contribution in [1.82, 2.24) is 0 Å². The van der Waals surface area contributed by atoms with Crippen LogP contribution in [0.5, 0.6) is 0 Å². The van der Waals surface area contributed by atoms with Crippen LogP contribution in [-0.2, 0) is 4.79 Å². The van der Waals surface area contributed by atoms with Crippen molar-refractivity contribution < 1.29 is 4.79 Å². The van der Waals surface area contributed by atoms with Gasteiger partial charge in [-0.1, -0.05) is 77.2 Å². The van der Waals surface area contributed by atoms with E-state index >= 15 is 0 Å². The second-order valence-corrected chi connectivity index (χ2v) is 6.49. The van der Waals surface area contributed by atoms with Gasteiger partial charge in [0.25, 0.3) is 0 Å². The van der Waals surface area contributed by atoms with Gasteiger partial charge in [0.2, 0.25) is 0 Å². The average Bonchev–Trinajstić information content (AvgIpc) is 3.11. The average molecular weight is 337 g/mol. The summed E-state index contributed by atoms with van der Waals surface area (Å²) in [5, 5.41) is 0. The lowest BCUT2D eigenvalue weighted by Crippen LogP contribution is -1.87. The Morgan fingerprint density at radius 2 is 1.58 bits per heavy atom. The first kappa shape index (κ1) is 25.4. The van der Waals surface area contributed by atoms with Crippen LogP contribution in [0.3, 0.4) is 0 Å². The molecule has 0 spiro atoms. The molecule has 0 amide bonds. The largest absolute Gasteiger partial charge is 0.300 e. The summed E-state index contributed by atoms with van der Waals surface area (Å²) in [7, 11) is 0. The van der Waals surface area contributed by atoms with E-state index < -0.39 is 0 Å². The van der Waals surface area contributed by atoms with Crippen molar-refractivity contribution in [3.05, 3.63) is 24.3 Å². The molecule has 1 aliphatic carbocycles. The summed E-state index contributed by atoms with van der Waals surface area (Å²) >= 11 is 0. The molecule has 0 aromatic rings. The van der Waals surface area contributed by atoms with Crippen LogP contribution in [0, 0.1) is 5.92 Å². The molecule has 0 radical (unpaired) electrons. The molecule has 1 aliphatic rings. The fraction of sp³-hybridized carbons (Fsp3) is 0.783. The summed E-state index contributed by atoms with van der Waals surface area (Å²) in [6, 6.07) is 0. The number of Topliss-reactive ketones (excluding diaryl/α,β-unsaturated/α-hetero) is 1. The Balaban J connectivity index is 0. The fourth-order valence-corrected chi connectivity index (χ4v) is 2.76. The normalized spacial score (nSPS) is 14.4. The Bertz CT molecular complexity index is 295. The predicted octanol–water partition coefficient (Wildman–Crippen LogP) is 8.05. The first-order chi connectivity index (χ1) is 11.7. The van der Waals surface area contributed by atoms with Crippen LogP contribution in [0.4, 0.5) is 0 Å². The van der Waals surface area contributed by atoms with Crippen molar-refractivity contribution in [1.29, 1.82) is 0 Å². The predicted molar refractivity (Wildman–Crippen MR) is 111 cm³/mol. The van der Waals surface area contributed by atoms with E-state index in [9.17, 15) is 4.79 Å². The maximum Gasteiger partial charge on any atom is 0.129 e. The number of hydrogen-bond donors (Lipinski definition) is 0. The van der Waals surface area contributed by atoms with Gasteiger partial charge in [0, 0.05) is 6.42 Å². The van der Waals surface area contributed by atoms with Crippen molar-refractivity contribution in [2.24, 2.45) is 5.92 Å². The van der Waals surface area contributed by atoms with E-state index in [-0.39, 0.29) is 0 Å². The smallest absolute Gasteiger partial charge is 0.129 e. The Morgan fingerprint density at radius 1 is 0.958 bits per heavy atom. The molecule has 0 unspecified atom stereocenters. The molecule has 1 heteroatoms. The summed E-state index contributed by atoms with van der Waals surface area (Å²) in [5.74, 6) is 1.23. The Morgan fingerprint density at radius 3 is 2.12 bits per heavy atom. The Labute approximate surface area is 153 Å². The van der Waals surface area contributed by atoms with Crippen molar-refractivity contribution in [3.63, 3.8) is 0 Å². The quantitative estimate of drug-likeness (QED) is 0.291. The number of allylic oxidation sites excluding steroid dienone is 4. The number of carbonyl (C=O) groups is 1. The van der Waals surface area contributed by atoms with Crippen LogP contribution in [0.15, 0.2) is 24.3 Å². The van der Waals surface area contributed by atoms with Gasteiger partial charge in [0.1, 0.15) is 5.78 Å². The number of ketones is 1. The summed E-state index contributed by atoms with van der Waals surface area (Å²) in [6.07, 6.45) is 24.5. The zero-order valence-corrected chi connectivity index (χ0v) is 17.3. The third-order valence-corrected chi connectivity index (χ3v) is 4.17. The van der Waals surface area contributed by atoms with Gasteiger partial charge >= 0.3 is 0 Å². The molecule has 0 aliphatic heterocycles. The minimum absolute atomic E-state index is 0.291. The third-order valence-electron chi connectivity index (χ3n) is 4.17. The monoisotopic (exact) mass is 336 g/mol. The number of carbonyl (C=O) groups excluding carboxylic acids is 1. The molecule has 142 valence electrons. The fourth-order valence-electron chi connectivity index (χ4n) is 2.76. The van der Waals surface area contributed by atoms with Crippen LogP contribution in [-0.4, -0.2) is 5.78 Å². The molecule has 0 aromatic heterocycles. The zero-order chi connectivity index (χ0) is 18.5. The van der Waals surface area contributed by atoms with Gasteiger partial charge in [-0.15, -0.1) is 0 Å². The van der Waals surface area contributed by atoms with E-state index in [2.05, 4.69) is 25.2 Å². The molecule has 1 fully saturated rings. The molecule has 24 heavy (non-hydrogen) atoms. The number of rotatable bonds is 10. The Hall–Kier alpha value is -0.850. The van der Waals surface area contributed by atoms with Crippen molar-refractivity contribution in [2.45, 2.75) is 112 Å². The summed E-state index contributed by atoms with van der Waals surface area (Å²) < 4.78 is 0. The van der Waals surface area contributed by atoms with Gasteiger partial charge in [-0.05, 0) is 58.3 Å². The van der Waals surface area contributed by atoms with Gasteiger partial charge in [0.05, 0.1) is 0 Å². The highest BCUT2D eigenvalue weighted by atomic mass is 16.1. The van der Waals surface area contributed by atoms with E-state index in [1.54, 1.807) is 6.92 Å². The second kappa shape index (κ2) is 22.1. The lowest BCUT2D eigenvalue weighted by molar-refractivity contribution is -0.117. The van der Waals surface area contributed by atoms with Crippen LogP contribution in [0.1, 0.15) is 112 Å². The van der Waals surface area contributed by atoms with Crippen molar-refractivity contribution in [2.75, 3.05) is 0 Å². The second-order valence-electron chi connectivity index (χ2n) is 6.49. The van der Waals surface area contributed by atoms with E-state index in [4.69, 9.17) is 0 Å². The number of hydrogen-bond acceptors (Lipinski definition) is 1. The van der Waals surface area contributed by atoms with Gasteiger partial charge in [-0.3, -0.25) is 0 Å². The molecule has 0 saturated heterocycles. The number of unbranched alkanes of at least 4 members (excludes halogenated alkanes) is 5. The van der Waals surface area contributed by atoms with Crippen LogP contribution in [0.25, 0.3) is 0 Å². The van der Waals surface area contributed by atoms with Crippen molar-refractivity contribution >= 4 is 5.78 Å². The lowest BCUT2D eigenvalue weighted by atomic mass is 10.1. The first-order valence-electron chi connectivity index (χ1n) is 10.5. The highest BCUT2D eigenvalue weighted by Gasteiger charge is 2.10. The molecule has 0 bridgehead atoms. The van der Waals surface area contributed by atoms with E-state index in [0.717, 1.165) is 25.2 Å². The molecule has 0 heterocycles. The first-order valence-corrected chi connectivity index (χ1v) is 10.5. The maximum absolute atomic E-state index is 10.4.